The molecular weight excluding hydrogens is 744 g/mol. The molecular formula is C49H94N2O6P+. The van der Waals surface area contributed by atoms with Gasteiger partial charge in [-0.25, -0.2) is 4.57 Å². The van der Waals surface area contributed by atoms with E-state index in [4.69, 9.17) is 9.05 Å². The molecule has 0 bridgehead atoms. The Hall–Kier alpha value is -1.54. The summed E-state index contributed by atoms with van der Waals surface area (Å²) >= 11 is 0. The number of likely N-dealkylation sites (N-methyl/N-ethyl adjacent to an activating group) is 1. The number of nitrogens with one attached hydrogen (secondary N) is 1. The van der Waals surface area contributed by atoms with Crippen LogP contribution in [0.1, 0.15) is 206 Å². The highest BCUT2D eigenvalue weighted by Crippen LogP contribution is 2.43. The van der Waals surface area contributed by atoms with E-state index < -0.39 is 20.0 Å². The van der Waals surface area contributed by atoms with Gasteiger partial charge in [-0.2, -0.15) is 0 Å². The third-order valence-electron chi connectivity index (χ3n) is 10.5. The van der Waals surface area contributed by atoms with Crippen molar-refractivity contribution in [2.24, 2.45) is 0 Å². The smallest absolute Gasteiger partial charge is 0.387 e. The van der Waals surface area contributed by atoms with E-state index >= 15 is 0 Å². The van der Waals surface area contributed by atoms with Gasteiger partial charge in [0.25, 0.3) is 0 Å². The SMILES string of the molecule is CCCCCCCC/C=C/CC/C=C/CC/C=C/C(O)C(COP(=O)(O)OCC[N+](C)(C)C)NC(=O)CCCCCCCCC/C=C\CCCCCCCCCCC. The van der Waals surface area contributed by atoms with Crippen LogP contribution in [0.25, 0.3) is 0 Å². The molecule has 0 radical (unpaired) electrons. The summed E-state index contributed by atoms with van der Waals surface area (Å²) < 4.78 is 23.6. The van der Waals surface area contributed by atoms with Crippen LogP contribution >= 0.6 is 7.82 Å². The Morgan fingerprint density at radius 2 is 0.948 bits per heavy atom. The Labute approximate surface area is 359 Å². The first kappa shape index (κ1) is 56.5. The lowest BCUT2D eigenvalue weighted by Crippen LogP contribution is -2.45. The molecule has 3 atom stereocenters. The maximum absolute atomic E-state index is 12.9. The third kappa shape index (κ3) is 42.6. The lowest BCUT2D eigenvalue weighted by Gasteiger charge is -2.25. The molecule has 340 valence electrons. The number of unbranched alkanes of at least 4 members (excludes halogenated alkanes) is 24. The molecule has 8 nitrogen and oxygen atoms in total. The molecule has 0 aliphatic heterocycles. The number of rotatable bonds is 43. The van der Waals surface area contributed by atoms with Gasteiger partial charge in [0.05, 0.1) is 39.9 Å². The minimum atomic E-state index is -4.35. The summed E-state index contributed by atoms with van der Waals surface area (Å²) in [5.74, 6) is -0.196. The van der Waals surface area contributed by atoms with Crippen molar-refractivity contribution in [1.29, 1.82) is 0 Å². The summed E-state index contributed by atoms with van der Waals surface area (Å²) in [7, 11) is 1.54. The number of nitrogens with zero attached hydrogens (tertiary/aromatic N) is 1. The number of hydrogen-bond acceptors (Lipinski definition) is 5. The van der Waals surface area contributed by atoms with E-state index in [0.29, 0.717) is 17.4 Å². The number of carbonyl (C=O) groups excluding carboxylic acids is 1. The number of amides is 1. The Morgan fingerprint density at radius 3 is 1.38 bits per heavy atom. The Balaban J connectivity index is 4.42. The van der Waals surface area contributed by atoms with Gasteiger partial charge < -0.3 is 19.8 Å². The average molecular weight is 838 g/mol. The molecule has 0 aromatic carbocycles. The van der Waals surface area contributed by atoms with Gasteiger partial charge >= 0.3 is 7.82 Å². The number of quaternary nitrogens is 1. The first-order valence-electron chi connectivity index (χ1n) is 24.0. The molecule has 0 heterocycles. The van der Waals surface area contributed by atoms with Crippen molar-refractivity contribution in [3.63, 3.8) is 0 Å². The highest BCUT2D eigenvalue weighted by molar-refractivity contribution is 7.47. The first-order chi connectivity index (χ1) is 28.0. The standard InChI is InChI=1S/C49H93N2O6P/c1-6-8-10-12-14-16-18-20-22-24-25-26-27-29-31-33-35-37-39-41-43-49(53)50-47(46-57-58(54,55)56-45-44-51(3,4)5)48(52)42-40-38-36-34-32-30-28-23-21-19-17-15-13-11-9-7-2/h21,23,25-26,32,34,40,42,47-48,52H,6-20,22,24,27-31,33,35-39,41,43-46H2,1-5H3,(H-,50,53,54,55)/p+1/b23-21+,26-25-,34-32+,42-40+. The zero-order valence-electron chi connectivity index (χ0n) is 38.5. The van der Waals surface area contributed by atoms with Gasteiger partial charge in [0.2, 0.25) is 5.91 Å². The van der Waals surface area contributed by atoms with Gasteiger partial charge in [0.1, 0.15) is 13.2 Å². The van der Waals surface area contributed by atoms with E-state index in [0.717, 1.165) is 44.9 Å². The third-order valence-corrected chi connectivity index (χ3v) is 11.5. The minimum absolute atomic E-state index is 0.0518. The van der Waals surface area contributed by atoms with E-state index in [1.165, 1.54) is 141 Å². The van der Waals surface area contributed by atoms with Gasteiger partial charge in [-0.15, -0.1) is 0 Å². The summed E-state index contributed by atoms with van der Waals surface area (Å²) in [6.45, 7) is 4.77. The summed E-state index contributed by atoms with van der Waals surface area (Å²) in [5, 5.41) is 13.8. The number of phosphoric acid groups is 1. The van der Waals surface area contributed by atoms with Gasteiger partial charge in [-0.05, 0) is 70.6 Å². The average Bonchev–Trinajstić information content (AvgIpc) is 3.17. The van der Waals surface area contributed by atoms with Crippen molar-refractivity contribution in [2.45, 2.75) is 219 Å². The minimum Gasteiger partial charge on any atom is -0.387 e. The van der Waals surface area contributed by atoms with E-state index in [9.17, 15) is 19.4 Å². The van der Waals surface area contributed by atoms with Crippen LogP contribution in [0.4, 0.5) is 0 Å². The largest absolute Gasteiger partial charge is 0.472 e. The molecule has 0 aromatic heterocycles. The van der Waals surface area contributed by atoms with Crippen molar-refractivity contribution in [1.82, 2.24) is 5.32 Å². The number of aliphatic hydroxyl groups excluding tert-OH is 1. The lowest BCUT2D eigenvalue weighted by atomic mass is 10.1. The van der Waals surface area contributed by atoms with Gasteiger partial charge in [-0.1, -0.05) is 178 Å². The highest BCUT2D eigenvalue weighted by Gasteiger charge is 2.27. The summed E-state index contributed by atoms with van der Waals surface area (Å²) in [5.41, 5.74) is 0. The first-order valence-corrected chi connectivity index (χ1v) is 25.5. The number of carbonyl (C=O) groups is 1. The molecule has 0 spiro atoms. The molecule has 3 unspecified atom stereocenters. The zero-order chi connectivity index (χ0) is 42.8. The zero-order valence-corrected chi connectivity index (χ0v) is 39.4. The summed E-state index contributed by atoms with van der Waals surface area (Å²) in [6, 6.07) is -0.871. The molecule has 0 aliphatic carbocycles. The van der Waals surface area contributed by atoms with Gasteiger partial charge in [0.15, 0.2) is 0 Å². The molecule has 3 N–H and O–H groups in total. The topological polar surface area (TPSA) is 105 Å². The normalized spacial score (nSPS) is 14.7. The van der Waals surface area contributed by atoms with Crippen molar-refractivity contribution >= 4 is 13.7 Å². The fourth-order valence-electron chi connectivity index (χ4n) is 6.66. The Morgan fingerprint density at radius 1 is 0.569 bits per heavy atom. The second-order valence-electron chi connectivity index (χ2n) is 17.5. The van der Waals surface area contributed by atoms with E-state index in [1.807, 2.05) is 27.2 Å². The monoisotopic (exact) mass is 838 g/mol. The van der Waals surface area contributed by atoms with E-state index in [2.05, 4.69) is 55.6 Å². The fourth-order valence-corrected chi connectivity index (χ4v) is 7.39. The summed E-state index contributed by atoms with van der Waals surface area (Å²) in [6.07, 6.45) is 51.9. The number of hydrogen-bond donors (Lipinski definition) is 3. The molecule has 9 heteroatoms. The van der Waals surface area contributed by atoms with Crippen LogP contribution in [0, 0.1) is 0 Å². The molecule has 1 amide bonds. The van der Waals surface area contributed by atoms with Crippen LogP contribution in [0.15, 0.2) is 48.6 Å². The fraction of sp³-hybridized carbons (Fsp3) is 0.816. The van der Waals surface area contributed by atoms with Crippen molar-refractivity contribution in [3.05, 3.63) is 48.6 Å². The number of phosphoric ester groups is 1. The molecule has 0 fully saturated rings. The van der Waals surface area contributed by atoms with Gasteiger partial charge in [0, 0.05) is 6.42 Å². The molecule has 0 saturated heterocycles. The lowest BCUT2D eigenvalue weighted by molar-refractivity contribution is -0.870. The predicted octanol–water partition coefficient (Wildman–Crippen LogP) is 13.6. The van der Waals surface area contributed by atoms with Crippen LogP contribution in [0.2, 0.25) is 0 Å². The molecule has 0 saturated carbocycles. The van der Waals surface area contributed by atoms with Crippen LogP contribution in [0.3, 0.4) is 0 Å². The quantitative estimate of drug-likeness (QED) is 0.0244. The predicted molar refractivity (Wildman–Crippen MR) is 249 cm³/mol. The molecule has 0 aliphatic rings. The van der Waals surface area contributed by atoms with Crippen LogP contribution in [-0.4, -0.2) is 73.4 Å². The second kappa shape index (κ2) is 40.8. The van der Waals surface area contributed by atoms with Crippen molar-refractivity contribution < 1.29 is 32.9 Å². The Bertz CT molecular complexity index is 1090. The van der Waals surface area contributed by atoms with Crippen molar-refractivity contribution in [2.75, 3.05) is 40.9 Å². The second-order valence-corrected chi connectivity index (χ2v) is 18.9. The number of aliphatic hydroxyl groups is 1. The maximum Gasteiger partial charge on any atom is 0.472 e. The van der Waals surface area contributed by atoms with Crippen LogP contribution < -0.4 is 5.32 Å². The molecule has 58 heavy (non-hydrogen) atoms. The van der Waals surface area contributed by atoms with Crippen LogP contribution in [0.5, 0.6) is 0 Å². The highest BCUT2D eigenvalue weighted by atomic mass is 31.2. The van der Waals surface area contributed by atoms with Crippen LogP contribution in [-0.2, 0) is 18.4 Å². The summed E-state index contributed by atoms with van der Waals surface area (Å²) in [4.78, 5) is 23.2. The van der Waals surface area contributed by atoms with Gasteiger partial charge in [-0.3, -0.25) is 13.8 Å². The maximum atomic E-state index is 12.9. The molecule has 0 rings (SSSR count). The molecule has 0 aromatic rings. The van der Waals surface area contributed by atoms with E-state index in [1.54, 1.807) is 6.08 Å². The number of allylic oxidation sites excluding steroid dienone is 7. The van der Waals surface area contributed by atoms with E-state index in [-0.39, 0.29) is 19.1 Å². The van der Waals surface area contributed by atoms with Crippen molar-refractivity contribution in [3.8, 4) is 0 Å². The Kier molecular flexibility index (Phi) is 39.8.